The van der Waals surface area contributed by atoms with Gasteiger partial charge in [-0.25, -0.2) is 4.98 Å². The van der Waals surface area contributed by atoms with Crippen LogP contribution in [-0.4, -0.2) is 21.8 Å². The number of Topliss-reactive ketones (excluding diaryl/α,β-unsaturated/α-hetero) is 1. The number of nitrogens with one attached hydrogen (secondary N) is 1. The van der Waals surface area contributed by atoms with E-state index in [4.69, 9.17) is 8.94 Å². The molecule has 0 fully saturated rings. The number of nitrogens with zero attached hydrogens (tertiary/aromatic N) is 2. The van der Waals surface area contributed by atoms with Gasteiger partial charge < -0.3 is 14.3 Å². The average Bonchev–Trinajstić information content (AvgIpc) is 3.23. The van der Waals surface area contributed by atoms with Gasteiger partial charge in [-0.3, -0.25) is 9.59 Å². The number of hydrogen-bond donors (Lipinski definition) is 1. The molecule has 7 heteroatoms. The van der Waals surface area contributed by atoms with E-state index in [0.717, 1.165) is 11.3 Å². The van der Waals surface area contributed by atoms with Crippen molar-refractivity contribution in [2.45, 2.75) is 27.7 Å². The fraction of sp³-hybridized carbons (Fsp3) is 0.182. The molecule has 146 valence electrons. The number of furan rings is 1. The van der Waals surface area contributed by atoms with Crippen LogP contribution in [0.3, 0.4) is 0 Å². The van der Waals surface area contributed by atoms with E-state index < -0.39 is 0 Å². The summed E-state index contributed by atoms with van der Waals surface area (Å²) in [4.78, 5) is 29.0. The highest BCUT2D eigenvalue weighted by atomic mass is 16.5. The molecular weight excluding hydrogens is 370 g/mol. The maximum atomic E-state index is 13.1. The summed E-state index contributed by atoms with van der Waals surface area (Å²) in [6, 6.07) is 10.3. The van der Waals surface area contributed by atoms with Crippen molar-refractivity contribution >= 4 is 28.5 Å². The van der Waals surface area contributed by atoms with Crippen LogP contribution in [0, 0.1) is 20.8 Å². The lowest BCUT2D eigenvalue weighted by Crippen LogP contribution is -2.13. The third-order valence-electron chi connectivity index (χ3n) is 4.73. The van der Waals surface area contributed by atoms with Crippen molar-refractivity contribution in [1.82, 2.24) is 10.1 Å². The van der Waals surface area contributed by atoms with Crippen LogP contribution >= 0.6 is 0 Å². The van der Waals surface area contributed by atoms with Crippen molar-refractivity contribution in [1.29, 1.82) is 0 Å². The number of aromatic nitrogens is 2. The highest BCUT2D eigenvalue weighted by molar-refractivity contribution is 6.13. The molecule has 4 aromatic rings. The van der Waals surface area contributed by atoms with Crippen LogP contribution in [0.4, 0.5) is 5.69 Å². The van der Waals surface area contributed by atoms with Crippen molar-refractivity contribution in [3.63, 3.8) is 0 Å². The molecule has 1 N–H and O–H groups in total. The van der Waals surface area contributed by atoms with Gasteiger partial charge in [-0.1, -0.05) is 5.16 Å². The van der Waals surface area contributed by atoms with Crippen molar-refractivity contribution in [2.24, 2.45) is 0 Å². The van der Waals surface area contributed by atoms with Gasteiger partial charge in [-0.15, -0.1) is 0 Å². The van der Waals surface area contributed by atoms with E-state index in [9.17, 15) is 9.59 Å². The molecule has 0 saturated carbocycles. The highest BCUT2D eigenvalue weighted by Crippen LogP contribution is 2.30. The van der Waals surface area contributed by atoms with E-state index >= 15 is 0 Å². The van der Waals surface area contributed by atoms with Gasteiger partial charge in [0, 0.05) is 16.8 Å². The fourth-order valence-corrected chi connectivity index (χ4v) is 3.28. The lowest BCUT2D eigenvalue weighted by atomic mass is 10.0. The molecule has 0 radical (unpaired) electrons. The smallest absolute Gasteiger partial charge is 0.259 e. The molecule has 7 nitrogen and oxygen atoms in total. The normalized spacial score (nSPS) is 11.0. The number of ketones is 1. The molecule has 4 rings (SSSR count). The van der Waals surface area contributed by atoms with E-state index in [1.165, 1.54) is 6.92 Å². The zero-order valence-corrected chi connectivity index (χ0v) is 16.5. The van der Waals surface area contributed by atoms with E-state index in [1.807, 2.05) is 19.9 Å². The Morgan fingerprint density at radius 2 is 1.76 bits per heavy atom. The van der Waals surface area contributed by atoms with Crippen LogP contribution in [0.15, 0.2) is 45.3 Å². The van der Waals surface area contributed by atoms with E-state index in [1.54, 1.807) is 37.3 Å². The Hall–Kier alpha value is -3.74. The first-order valence-corrected chi connectivity index (χ1v) is 9.10. The molecule has 0 aliphatic carbocycles. The molecule has 0 aliphatic rings. The van der Waals surface area contributed by atoms with Crippen LogP contribution in [-0.2, 0) is 0 Å². The molecule has 29 heavy (non-hydrogen) atoms. The summed E-state index contributed by atoms with van der Waals surface area (Å²) in [5.74, 6) is 1.11. The minimum Gasteiger partial charge on any atom is -0.466 e. The van der Waals surface area contributed by atoms with Gasteiger partial charge in [0.1, 0.15) is 11.5 Å². The zero-order chi connectivity index (χ0) is 20.7. The number of carbonyl (C=O) groups excluding carboxylic acids is 2. The first kappa shape index (κ1) is 18.6. The van der Waals surface area contributed by atoms with Crippen LogP contribution in [0.25, 0.3) is 22.4 Å². The number of fused-ring (bicyclic) bond motifs is 1. The first-order chi connectivity index (χ1) is 13.8. The number of benzene rings is 1. The van der Waals surface area contributed by atoms with Gasteiger partial charge in [0.15, 0.2) is 5.78 Å². The van der Waals surface area contributed by atoms with Gasteiger partial charge in [-0.2, -0.15) is 0 Å². The minimum absolute atomic E-state index is 0.0331. The Kier molecular flexibility index (Phi) is 4.50. The maximum Gasteiger partial charge on any atom is 0.259 e. The average molecular weight is 389 g/mol. The Morgan fingerprint density at radius 3 is 2.38 bits per heavy atom. The number of carbonyl (C=O) groups is 2. The second-order valence-electron chi connectivity index (χ2n) is 6.92. The summed E-state index contributed by atoms with van der Waals surface area (Å²) in [7, 11) is 0. The molecule has 1 amide bonds. The van der Waals surface area contributed by atoms with Gasteiger partial charge in [0.2, 0.25) is 0 Å². The van der Waals surface area contributed by atoms with Gasteiger partial charge in [0.05, 0.1) is 22.3 Å². The SMILES string of the molecule is CC(=O)c1ccc(NC(=O)c2cc(-c3cc(C)oc3C)nc3onc(C)c23)cc1. The third-order valence-corrected chi connectivity index (χ3v) is 4.73. The summed E-state index contributed by atoms with van der Waals surface area (Å²) in [5, 5.41) is 7.38. The number of hydrogen-bond acceptors (Lipinski definition) is 6. The van der Waals surface area contributed by atoms with Gasteiger partial charge in [-0.05, 0) is 64.1 Å². The van der Waals surface area contributed by atoms with Crippen molar-refractivity contribution < 1.29 is 18.5 Å². The largest absolute Gasteiger partial charge is 0.466 e. The number of pyridine rings is 1. The molecule has 3 heterocycles. The quantitative estimate of drug-likeness (QED) is 0.500. The van der Waals surface area contributed by atoms with Crippen LogP contribution in [0.5, 0.6) is 0 Å². The topological polar surface area (TPSA) is 98.2 Å². The lowest BCUT2D eigenvalue weighted by molar-refractivity contribution is 0.101. The predicted molar refractivity (Wildman–Crippen MR) is 108 cm³/mol. The fourth-order valence-electron chi connectivity index (χ4n) is 3.28. The number of aryl methyl sites for hydroxylation is 3. The molecule has 3 aromatic heterocycles. The summed E-state index contributed by atoms with van der Waals surface area (Å²) >= 11 is 0. The van der Waals surface area contributed by atoms with E-state index in [2.05, 4.69) is 15.5 Å². The monoisotopic (exact) mass is 389 g/mol. The Morgan fingerprint density at radius 1 is 1.03 bits per heavy atom. The van der Waals surface area contributed by atoms with Crippen LogP contribution in [0.2, 0.25) is 0 Å². The first-order valence-electron chi connectivity index (χ1n) is 9.10. The zero-order valence-electron chi connectivity index (χ0n) is 16.5. The second kappa shape index (κ2) is 7.01. The number of amides is 1. The van der Waals surface area contributed by atoms with E-state index in [-0.39, 0.29) is 17.4 Å². The summed E-state index contributed by atoms with van der Waals surface area (Å²) in [5.41, 5.74) is 3.79. The Bertz CT molecular complexity index is 1250. The van der Waals surface area contributed by atoms with E-state index in [0.29, 0.717) is 39.3 Å². The molecule has 0 spiro atoms. The lowest BCUT2D eigenvalue weighted by Gasteiger charge is -2.08. The second-order valence-corrected chi connectivity index (χ2v) is 6.92. The molecule has 0 bridgehead atoms. The number of rotatable bonds is 4. The molecule has 1 aromatic carbocycles. The van der Waals surface area contributed by atoms with Crippen LogP contribution in [0.1, 0.15) is 44.9 Å². The van der Waals surface area contributed by atoms with Gasteiger partial charge in [0.25, 0.3) is 11.6 Å². The van der Waals surface area contributed by atoms with Crippen molar-refractivity contribution in [3.05, 3.63) is 64.7 Å². The van der Waals surface area contributed by atoms with Crippen molar-refractivity contribution in [3.8, 4) is 11.3 Å². The molecule has 0 atom stereocenters. The Balaban J connectivity index is 1.77. The van der Waals surface area contributed by atoms with Crippen LogP contribution < -0.4 is 5.32 Å². The third kappa shape index (κ3) is 3.42. The molecule has 0 unspecified atom stereocenters. The summed E-state index contributed by atoms with van der Waals surface area (Å²) < 4.78 is 10.9. The Labute approximate surface area is 166 Å². The number of anilines is 1. The standard InChI is InChI=1S/C22H19N3O4/c1-11-9-17(14(4)28-11)19-10-18(20-12(2)25-29-22(20)24-19)21(27)23-16-7-5-15(6-8-16)13(3)26/h5-10H,1-4H3,(H,23,27). The van der Waals surface area contributed by atoms with Gasteiger partial charge >= 0.3 is 0 Å². The molecular formula is C22H19N3O4. The predicted octanol–water partition coefficient (Wildman–Crippen LogP) is 4.86. The maximum absolute atomic E-state index is 13.1. The highest BCUT2D eigenvalue weighted by Gasteiger charge is 2.21. The van der Waals surface area contributed by atoms with Crippen molar-refractivity contribution in [2.75, 3.05) is 5.32 Å². The molecule has 0 aliphatic heterocycles. The molecule has 0 saturated heterocycles. The summed E-state index contributed by atoms with van der Waals surface area (Å²) in [6.45, 7) is 6.96. The minimum atomic E-state index is -0.321. The summed E-state index contributed by atoms with van der Waals surface area (Å²) in [6.07, 6.45) is 0.